The number of thiazole rings is 1. The molecule has 3 heterocycles. The fourth-order valence-corrected chi connectivity index (χ4v) is 3.93. The first-order valence-corrected chi connectivity index (χ1v) is 8.85. The monoisotopic (exact) mass is 332 g/mol. The quantitative estimate of drug-likeness (QED) is 0.932. The van der Waals surface area contributed by atoms with Crippen molar-refractivity contribution in [2.75, 3.05) is 18.9 Å². The number of oxazole rings is 1. The molecule has 2 aromatic heterocycles. The first-order chi connectivity index (χ1) is 11.1. The van der Waals surface area contributed by atoms with Crippen LogP contribution in [0.1, 0.15) is 45.6 Å². The Kier molecular flexibility index (Phi) is 3.69. The van der Waals surface area contributed by atoms with Crippen molar-refractivity contribution in [3.63, 3.8) is 0 Å². The van der Waals surface area contributed by atoms with E-state index in [0.717, 1.165) is 31.6 Å². The average molecular weight is 332 g/mol. The van der Waals surface area contributed by atoms with E-state index in [1.165, 1.54) is 17.7 Å². The predicted molar refractivity (Wildman–Crippen MR) is 87.8 cm³/mol. The van der Waals surface area contributed by atoms with Gasteiger partial charge in [-0.25, -0.2) is 9.97 Å². The third-order valence-corrected chi connectivity index (χ3v) is 5.35. The van der Waals surface area contributed by atoms with Crippen molar-refractivity contribution >= 4 is 22.4 Å². The van der Waals surface area contributed by atoms with Crippen molar-refractivity contribution in [3.05, 3.63) is 27.9 Å². The average Bonchev–Trinajstić information content (AvgIpc) is 3.10. The minimum Gasteiger partial charge on any atom is -0.435 e. The summed E-state index contributed by atoms with van der Waals surface area (Å²) in [5.74, 6) is 1.42. The van der Waals surface area contributed by atoms with E-state index in [1.807, 2.05) is 6.92 Å². The number of carbonyl (C=O) groups is 1. The van der Waals surface area contributed by atoms with Crippen LogP contribution in [-0.4, -0.2) is 34.4 Å². The Labute approximate surface area is 138 Å². The van der Waals surface area contributed by atoms with Crippen LogP contribution in [0.15, 0.2) is 4.42 Å². The van der Waals surface area contributed by atoms with E-state index in [1.54, 1.807) is 11.3 Å². The van der Waals surface area contributed by atoms with Crippen LogP contribution in [0.3, 0.4) is 0 Å². The van der Waals surface area contributed by atoms with Gasteiger partial charge in [0.25, 0.3) is 5.91 Å². The van der Waals surface area contributed by atoms with Crippen molar-refractivity contribution in [2.24, 2.45) is 5.92 Å². The molecule has 1 saturated carbocycles. The van der Waals surface area contributed by atoms with Gasteiger partial charge in [0.2, 0.25) is 5.76 Å². The van der Waals surface area contributed by atoms with Crippen LogP contribution in [0.2, 0.25) is 0 Å². The fourth-order valence-electron chi connectivity index (χ4n) is 2.85. The third-order valence-electron chi connectivity index (χ3n) is 4.35. The number of hydrogen-bond acceptors (Lipinski definition) is 6. The number of carbonyl (C=O) groups excluding carboxylic acids is 1. The number of anilines is 1. The predicted octanol–water partition coefficient (Wildman–Crippen LogP) is 2.63. The molecule has 0 spiro atoms. The zero-order valence-electron chi connectivity index (χ0n) is 13.4. The van der Waals surface area contributed by atoms with E-state index in [0.29, 0.717) is 28.4 Å². The standard InChI is InChI=1S/C16H20N4O2S/c1-9-14(22-13(17-9)7-10-3-4-10)15(21)19-16-18-11-5-6-20(2)8-12(11)23-16/h10H,3-8H2,1-2H3,(H,18,19,21). The highest BCUT2D eigenvalue weighted by Crippen LogP contribution is 2.33. The molecule has 0 radical (unpaired) electrons. The number of fused-ring (bicyclic) bond motifs is 1. The Morgan fingerprint density at radius 1 is 1.43 bits per heavy atom. The molecule has 2 aromatic rings. The van der Waals surface area contributed by atoms with Gasteiger partial charge in [-0.2, -0.15) is 0 Å². The Hall–Kier alpha value is -1.73. The Morgan fingerprint density at radius 3 is 3.04 bits per heavy atom. The first kappa shape index (κ1) is 14.8. The zero-order chi connectivity index (χ0) is 16.0. The Morgan fingerprint density at radius 2 is 2.26 bits per heavy atom. The van der Waals surface area contributed by atoms with E-state index in [9.17, 15) is 4.79 Å². The van der Waals surface area contributed by atoms with Crippen LogP contribution in [0.4, 0.5) is 5.13 Å². The largest absolute Gasteiger partial charge is 0.435 e. The SMILES string of the molecule is Cc1nc(CC2CC2)oc1C(=O)Nc1nc2c(s1)CN(C)CC2. The summed E-state index contributed by atoms with van der Waals surface area (Å²) in [7, 11) is 2.10. The molecule has 122 valence electrons. The minimum absolute atomic E-state index is 0.253. The van der Waals surface area contributed by atoms with Crippen LogP contribution in [0.25, 0.3) is 0 Å². The fraction of sp³-hybridized carbons (Fsp3) is 0.562. The van der Waals surface area contributed by atoms with E-state index in [-0.39, 0.29) is 5.91 Å². The summed E-state index contributed by atoms with van der Waals surface area (Å²) in [5, 5.41) is 3.52. The molecule has 1 aliphatic heterocycles. The van der Waals surface area contributed by atoms with Gasteiger partial charge in [0.1, 0.15) is 0 Å². The lowest BCUT2D eigenvalue weighted by Crippen LogP contribution is -2.25. The normalized spacial score (nSPS) is 18.0. The van der Waals surface area contributed by atoms with Crippen molar-refractivity contribution < 1.29 is 9.21 Å². The summed E-state index contributed by atoms with van der Waals surface area (Å²) >= 11 is 1.55. The number of hydrogen-bond donors (Lipinski definition) is 1. The smallest absolute Gasteiger partial charge is 0.295 e. The summed E-state index contributed by atoms with van der Waals surface area (Å²) in [6, 6.07) is 0. The van der Waals surface area contributed by atoms with Gasteiger partial charge in [-0.05, 0) is 32.7 Å². The number of rotatable bonds is 4. The molecule has 2 aliphatic rings. The summed E-state index contributed by atoms with van der Waals surface area (Å²) in [6.07, 6.45) is 4.25. The summed E-state index contributed by atoms with van der Waals surface area (Å²) in [5.41, 5.74) is 1.76. The zero-order valence-corrected chi connectivity index (χ0v) is 14.2. The molecule has 7 heteroatoms. The molecule has 6 nitrogen and oxygen atoms in total. The molecule has 0 atom stereocenters. The molecule has 0 saturated heterocycles. The van der Waals surface area contributed by atoms with E-state index < -0.39 is 0 Å². The lowest BCUT2D eigenvalue weighted by molar-refractivity contribution is 0.0994. The van der Waals surface area contributed by atoms with Gasteiger partial charge >= 0.3 is 0 Å². The molecule has 1 N–H and O–H groups in total. The minimum atomic E-state index is -0.253. The summed E-state index contributed by atoms with van der Waals surface area (Å²) < 4.78 is 5.66. The van der Waals surface area contributed by atoms with Gasteiger partial charge in [0.05, 0.1) is 11.4 Å². The van der Waals surface area contributed by atoms with E-state index in [2.05, 4.69) is 27.2 Å². The molecule has 1 aliphatic carbocycles. The van der Waals surface area contributed by atoms with Crippen molar-refractivity contribution in [1.82, 2.24) is 14.9 Å². The highest BCUT2D eigenvalue weighted by Gasteiger charge is 2.26. The number of nitrogens with zero attached hydrogens (tertiary/aromatic N) is 3. The van der Waals surface area contributed by atoms with E-state index >= 15 is 0 Å². The highest BCUT2D eigenvalue weighted by atomic mass is 32.1. The summed E-state index contributed by atoms with van der Waals surface area (Å²) in [4.78, 5) is 24.9. The highest BCUT2D eigenvalue weighted by molar-refractivity contribution is 7.15. The summed E-state index contributed by atoms with van der Waals surface area (Å²) in [6.45, 7) is 3.72. The van der Waals surface area contributed by atoms with Gasteiger partial charge in [0, 0.05) is 30.8 Å². The molecule has 4 rings (SSSR count). The van der Waals surface area contributed by atoms with Crippen LogP contribution >= 0.6 is 11.3 Å². The second-order valence-electron chi connectivity index (χ2n) is 6.50. The molecule has 1 amide bonds. The van der Waals surface area contributed by atoms with Gasteiger partial charge in [-0.15, -0.1) is 11.3 Å². The van der Waals surface area contributed by atoms with Crippen molar-refractivity contribution in [1.29, 1.82) is 0 Å². The number of nitrogens with one attached hydrogen (secondary N) is 1. The number of amides is 1. The Balaban J connectivity index is 1.48. The number of aromatic nitrogens is 2. The maximum Gasteiger partial charge on any atom is 0.295 e. The molecule has 23 heavy (non-hydrogen) atoms. The number of aryl methyl sites for hydroxylation is 1. The number of likely N-dealkylation sites (N-methyl/N-ethyl adjacent to an activating group) is 1. The lowest BCUT2D eigenvalue weighted by Gasteiger charge is -2.20. The van der Waals surface area contributed by atoms with Gasteiger partial charge in [0.15, 0.2) is 11.0 Å². The maximum atomic E-state index is 12.4. The molecule has 1 fully saturated rings. The maximum absolute atomic E-state index is 12.4. The molecular formula is C16H20N4O2S. The molecular weight excluding hydrogens is 312 g/mol. The van der Waals surface area contributed by atoms with Crippen LogP contribution in [0.5, 0.6) is 0 Å². The topological polar surface area (TPSA) is 71.3 Å². The molecule has 0 unspecified atom stereocenters. The van der Waals surface area contributed by atoms with Gasteiger partial charge in [-0.3, -0.25) is 10.1 Å². The molecule has 0 bridgehead atoms. The lowest BCUT2D eigenvalue weighted by atomic mass is 10.2. The van der Waals surface area contributed by atoms with E-state index in [4.69, 9.17) is 4.42 Å². The van der Waals surface area contributed by atoms with Crippen molar-refractivity contribution in [2.45, 2.75) is 39.2 Å². The van der Waals surface area contributed by atoms with Crippen LogP contribution < -0.4 is 5.32 Å². The van der Waals surface area contributed by atoms with Crippen LogP contribution in [0, 0.1) is 12.8 Å². The second kappa shape index (κ2) is 5.72. The van der Waals surface area contributed by atoms with Crippen molar-refractivity contribution in [3.8, 4) is 0 Å². The van der Waals surface area contributed by atoms with Gasteiger partial charge < -0.3 is 9.32 Å². The Bertz CT molecular complexity index is 747. The molecule has 0 aromatic carbocycles. The van der Waals surface area contributed by atoms with Gasteiger partial charge in [-0.1, -0.05) is 0 Å². The first-order valence-electron chi connectivity index (χ1n) is 8.03. The second-order valence-corrected chi connectivity index (χ2v) is 7.58. The third kappa shape index (κ3) is 3.16. The van der Waals surface area contributed by atoms with Crippen LogP contribution in [-0.2, 0) is 19.4 Å².